The van der Waals surface area contributed by atoms with E-state index in [1.807, 2.05) is 54.6 Å². The average Bonchev–Trinajstić information content (AvgIpc) is 2.72. The standard InChI is InChI=1S/C22H22BrNO3S/c1-27-20-11-7-18(8-12-20)22(17-5-3-2-4-6-17)24-15-16-28(25,26)21-13-9-19(23)10-14-21/h2-14,22,24H,15-16H2,1H3/t22-/m0/s1. The van der Waals surface area contributed by atoms with E-state index in [1.165, 1.54) is 0 Å². The van der Waals surface area contributed by atoms with Crippen LogP contribution in [0.5, 0.6) is 5.75 Å². The SMILES string of the molecule is COc1ccc([C@@H](NCCS(=O)(=O)c2ccc(Br)cc2)c2ccccc2)cc1. The lowest BCUT2D eigenvalue weighted by Gasteiger charge is -2.20. The van der Waals surface area contributed by atoms with Gasteiger partial charge in [0.1, 0.15) is 5.75 Å². The predicted octanol–water partition coefficient (Wildman–Crippen LogP) is 4.61. The third kappa shape index (κ3) is 5.22. The minimum atomic E-state index is -3.35. The number of benzene rings is 3. The van der Waals surface area contributed by atoms with Crippen molar-refractivity contribution in [2.75, 3.05) is 19.4 Å². The van der Waals surface area contributed by atoms with Crippen molar-refractivity contribution in [1.82, 2.24) is 5.32 Å². The minimum absolute atomic E-state index is 0.0219. The first-order valence-corrected chi connectivity index (χ1v) is 11.3. The largest absolute Gasteiger partial charge is 0.497 e. The number of nitrogens with one attached hydrogen (secondary N) is 1. The number of hydrogen-bond donors (Lipinski definition) is 1. The van der Waals surface area contributed by atoms with E-state index in [1.54, 1.807) is 31.4 Å². The van der Waals surface area contributed by atoms with Crippen LogP contribution in [0.25, 0.3) is 0 Å². The van der Waals surface area contributed by atoms with E-state index in [-0.39, 0.29) is 11.8 Å². The van der Waals surface area contributed by atoms with Crippen LogP contribution in [-0.2, 0) is 9.84 Å². The van der Waals surface area contributed by atoms with Crippen molar-refractivity contribution in [3.8, 4) is 5.75 Å². The van der Waals surface area contributed by atoms with Crippen molar-refractivity contribution in [2.45, 2.75) is 10.9 Å². The lowest BCUT2D eigenvalue weighted by Crippen LogP contribution is -2.28. The van der Waals surface area contributed by atoms with Crippen molar-refractivity contribution >= 4 is 25.8 Å². The third-order valence-electron chi connectivity index (χ3n) is 4.47. The van der Waals surface area contributed by atoms with Gasteiger partial charge in [-0.15, -0.1) is 0 Å². The Morgan fingerprint density at radius 2 is 1.50 bits per heavy atom. The van der Waals surface area contributed by atoms with Crippen molar-refractivity contribution in [3.05, 3.63) is 94.5 Å². The van der Waals surface area contributed by atoms with Crippen LogP contribution in [0.2, 0.25) is 0 Å². The van der Waals surface area contributed by atoms with Gasteiger partial charge in [0.05, 0.1) is 23.8 Å². The van der Waals surface area contributed by atoms with Crippen LogP contribution in [0, 0.1) is 0 Å². The van der Waals surface area contributed by atoms with Crippen LogP contribution in [-0.4, -0.2) is 27.8 Å². The molecule has 28 heavy (non-hydrogen) atoms. The minimum Gasteiger partial charge on any atom is -0.497 e. The van der Waals surface area contributed by atoms with E-state index in [2.05, 4.69) is 21.2 Å². The Hall–Kier alpha value is -2.15. The molecule has 0 heterocycles. The van der Waals surface area contributed by atoms with E-state index < -0.39 is 9.84 Å². The molecular weight excluding hydrogens is 438 g/mol. The molecule has 0 bridgehead atoms. The molecular formula is C22H22BrNO3S. The van der Waals surface area contributed by atoms with Crippen molar-refractivity contribution in [1.29, 1.82) is 0 Å². The van der Waals surface area contributed by atoms with Crippen LogP contribution >= 0.6 is 15.9 Å². The highest BCUT2D eigenvalue weighted by Crippen LogP contribution is 2.24. The van der Waals surface area contributed by atoms with Crippen LogP contribution in [0.4, 0.5) is 0 Å². The lowest BCUT2D eigenvalue weighted by atomic mass is 9.98. The first-order chi connectivity index (χ1) is 13.5. The molecule has 1 atom stereocenters. The highest BCUT2D eigenvalue weighted by atomic mass is 79.9. The lowest BCUT2D eigenvalue weighted by molar-refractivity contribution is 0.414. The van der Waals surface area contributed by atoms with Crippen molar-refractivity contribution < 1.29 is 13.2 Å². The normalized spacial score (nSPS) is 12.5. The predicted molar refractivity (Wildman–Crippen MR) is 115 cm³/mol. The molecule has 0 saturated heterocycles. The molecule has 1 N–H and O–H groups in total. The summed E-state index contributed by atoms with van der Waals surface area (Å²) < 4.78 is 31.3. The third-order valence-corrected chi connectivity index (χ3v) is 6.73. The van der Waals surface area contributed by atoms with Gasteiger partial charge >= 0.3 is 0 Å². The van der Waals surface area contributed by atoms with Gasteiger partial charge in [-0.25, -0.2) is 8.42 Å². The van der Waals surface area contributed by atoms with Gasteiger partial charge in [-0.3, -0.25) is 0 Å². The van der Waals surface area contributed by atoms with Gasteiger partial charge in [0.2, 0.25) is 0 Å². The Morgan fingerprint density at radius 3 is 2.11 bits per heavy atom. The number of methoxy groups -OCH3 is 1. The maximum Gasteiger partial charge on any atom is 0.179 e. The van der Waals surface area contributed by atoms with E-state index >= 15 is 0 Å². The second-order valence-electron chi connectivity index (χ2n) is 6.34. The number of rotatable bonds is 8. The Balaban J connectivity index is 1.75. The van der Waals surface area contributed by atoms with Crippen LogP contribution in [0.1, 0.15) is 17.2 Å². The number of halogens is 1. The topological polar surface area (TPSA) is 55.4 Å². The number of sulfone groups is 1. The Kier molecular flexibility index (Phi) is 6.88. The quantitative estimate of drug-likeness (QED) is 0.534. The molecule has 0 aliphatic rings. The maximum atomic E-state index is 12.6. The zero-order valence-electron chi connectivity index (χ0n) is 15.5. The summed E-state index contributed by atoms with van der Waals surface area (Å²) in [6.07, 6.45) is 0. The summed E-state index contributed by atoms with van der Waals surface area (Å²) in [5, 5.41) is 3.40. The molecule has 0 aliphatic carbocycles. The Morgan fingerprint density at radius 1 is 0.893 bits per heavy atom. The molecule has 0 amide bonds. The number of hydrogen-bond acceptors (Lipinski definition) is 4. The molecule has 0 fully saturated rings. The summed E-state index contributed by atoms with van der Waals surface area (Å²) in [6, 6.07) is 24.4. The smallest absolute Gasteiger partial charge is 0.179 e. The molecule has 4 nitrogen and oxygen atoms in total. The highest BCUT2D eigenvalue weighted by molar-refractivity contribution is 9.10. The molecule has 0 saturated carbocycles. The Labute approximate surface area is 174 Å². The van der Waals surface area contributed by atoms with Gasteiger partial charge in [0.25, 0.3) is 0 Å². The van der Waals surface area contributed by atoms with E-state index in [0.717, 1.165) is 21.3 Å². The summed E-state index contributed by atoms with van der Waals surface area (Å²) >= 11 is 3.33. The fourth-order valence-electron chi connectivity index (χ4n) is 2.97. The molecule has 3 aromatic carbocycles. The maximum absolute atomic E-state index is 12.6. The summed E-state index contributed by atoms with van der Waals surface area (Å²) in [7, 11) is -1.72. The summed E-state index contributed by atoms with van der Waals surface area (Å²) in [5.41, 5.74) is 2.13. The monoisotopic (exact) mass is 459 g/mol. The zero-order chi connectivity index (χ0) is 20.0. The molecule has 0 spiro atoms. The average molecular weight is 460 g/mol. The summed E-state index contributed by atoms with van der Waals surface area (Å²) in [4.78, 5) is 0.332. The molecule has 3 rings (SSSR count). The molecule has 0 unspecified atom stereocenters. The molecule has 3 aromatic rings. The molecule has 6 heteroatoms. The van der Waals surface area contributed by atoms with Gasteiger partial charge in [-0.05, 0) is 47.5 Å². The first kappa shape index (κ1) is 20.6. The van der Waals surface area contributed by atoms with Gasteiger partial charge in [0, 0.05) is 11.0 Å². The van der Waals surface area contributed by atoms with E-state index in [9.17, 15) is 8.42 Å². The van der Waals surface area contributed by atoms with Gasteiger partial charge in [-0.2, -0.15) is 0 Å². The second-order valence-corrected chi connectivity index (χ2v) is 9.37. The first-order valence-electron chi connectivity index (χ1n) is 8.90. The number of ether oxygens (including phenoxy) is 1. The summed E-state index contributed by atoms with van der Waals surface area (Å²) in [6.45, 7) is 0.337. The second kappa shape index (κ2) is 9.37. The van der Waals surface area contributed by atoms with Crippen LogP contribution < -0.4 is 10.1 Å². The van der Waals surface area contributed by atoms with Crippen molar-refractivity contribution in [2.24, 2.45) is 0 Å². The van der Waals surface area contributed by atoms with Crippen LogP contribution in [0.3, 0.4) is 0 Å². The van der Waals surface area contributed by atoms with Gasteiger partial charge < -0.3 is 10.1 Å². The van der Waals surface area contributed by atoms with Crippen LogP contribution in [0.15, 0.2) is 88.2 Å². The molecule has 146 valence electrons. The molecule has 0 aliphatic heterocycles. The van der Waals surface area contributed by atoms with Gasteiger partial charge in [0.15, 0.2) is 9.84 Å². The highest BCUT2D eigenvalue weighted by Gasteiger charge is 2.17. The zero-order valence-corrected chi connectivity index (χ0v) is 17.9. The van der Waals surface area contributed by atoms with E-state index in [0.29, 0.717) is 11.4 Å². The van der Waals surface area contributed by atoms with Gasteiger partial charge in [-0.1, -0.05) is 58.4 Å². The van der Waals surface area contributed by atoms with E-state index in [4.69, 9.17) is 4.74 Å². The molecule has 0 radical (unpaired) electrons. The Bertz CT molecular complexity index is 988. The molecule has 0 aromatic heterocycles. The fourth-order valence-corrected chi connectivity index (χ4v) is 4.40. The van der Waals surface area contributed by atoms with Crippen molar-refractivity contribution in [3.63, 3.8) is 0 Å². The fraction of sp³-hybridized carbons (Fsp3) is 0.182. The summed E-state index contributed by atoms with van der Waals surface area (Å²) in [5.74, 6) is 0.807.